The van der Waals surface area contributed by atoms with Crippen LogP contribution >= 0.6 is 0 Å². The highest BCUT2D eigenvalue weighted by Crippen LogP contribution is 2.53. The molecule has 2 aliphatic carbocycles. The topological polar surface area (TPSA) is 85.3 Å². The van der Waals surface area contributed by atoms with E-state index in [4.69, 9.17) is 4.74 Å². The Morgan fingerprint density at radius 2 is 2.10 bits per heavy atom. The first-order chi connectivity index (χ1) is 15.1. The van der Waals surface area contributed by atoms with Crippen molar-refractivity contribution in [2.24, 2.45) is 5.41 Å². The van der Waals surface area contributed by atoms with Gasteiger partial charge in [-0.1, -0.05) is 25.3 Å². The third-order valence-corrected chi connectivity index (χ3v) is 6.81. The number of nitrogens with zero attached hydrogens (tertiary/aromatic N) is 2. The number of amides is 2. The standard InChI is InChI=1S/C24H32N4O3/c1-2-31-21-16-20(24(21)10-4-3-5-11-24)27-23(30)18-7-6-8-19(15-18)26-22(29)9-13-28-14-12-25-17-28/h6-8,12,14-15,17,20-21H,2-5,9-11,13,16H2,1H3,(H,26,29)(H,27,30)/t20-,21+/m0/s1. The number of anilines is 1. The number of carbonyl (C=O) groups is 2. The van der Waals surface area contributed by atoms with Crippen LogP contribution < -0.4 is 10.6 Å². The van der Waals surface area contributed by atoms with Crippen LogP contribution in [0.1, 0.15) is 62.2 Å². The molecule has 1 aromatic carbocycles. The monoisotopic (exact) mass is 424 g/mol. The smallest absolute Gasteiger partial charge is 0.251 e. The molecule has 4 rings (SSSR count). The molecule has 0 saturated heterocycles. The predicted octanol–water partition coefficient (Wildman–Crippen LogP) is 3.77. The van der Waals surface area contributed by atoms with Crippen molar-refractivity contribution in [1.82, 2.24) is 14.9 Å². The summed E-state index contributed by atoms with van der Waals surface area (Å²) < 4.78 is 7.86. The molecule has 2 aromatic rings. The quantitative estimate of drug-likeness (QED) is 0.676. The largest absolute Gasteiger partial charge is 0.378 e. The average Bonchev–Trinajstić information content (AvgIpc) is 3.31. The molecule has 7 heteroatoms. The SMILES string of the molecule is CCO[C@@H]1C[C@H](NC(=O)c2cccc(NC(=O)CCn3ccnc3)c2)C12CCCCC2. The van der Waals surface area contributed by atoms with Crippen LogP contribution in [0.15, 0.2) is 43.0 Å². The van der Waals surface area contributed by atoms with Crippen LogP contribution in [0, 0.1) is 5.41 Å². The van der Waals surface area contributed by atoms with E-state index in [-0.39, 0.29) is 29.4 Å². The number of aryl methyl sites for hydroxylation is 1. The van der Waals surface area contributed by atoms with Crippen LogP contribution in [-0.2, 0) is 16.1 Å². The zero-order chi connectivity index (χ0) is 21.7. The zero-order valence-electron chi connectivity index (χ0n) is 18.2. The molecule has 1 aromatic heterocycles. The molecular weight excluding hydrogens is 392 g/mol. The Hall–Kier alpha value is -2.67. The van der Waals surface area contributed by atoms with Gasteiger partial charge in [-0.2, -0.15) is 0 Å². The van der Waals surface area contributed by atoms with E-state index >= 15 is 0 Å². The third-order valence-electron chi connectivity index (χ3n) is 6.81. The van der Waals surface area contributed by atoms with E-state index in [9.17, 15) is 9.59 Å². The highest BCUT2D eigenvalue weighted by Gasteiger charge is 2.56. The van der Waals surface area contributed by atoms with Crippen molar-refractivity contribution in [3.05, 3.63) is 48.5 Å². The van der Waals surface area contributed by atoms with Crippen molar-refractivity contribution < 1.29 is 14.3 Å². The molecule has 0 bridgehead atoms. The van der Waals surface area contributed by atoms with E-state index < -0.39 is 0 Å². The Kier molecular flexibility index (Phi) is 6.70. The molecule has 2 fully saturated rings. The van der Waals surface area contributed by atoms with Crippen LogP contribution in [0.5, 0.6) is 0 Å². The first-order valence-corrected chi connectivity index (χ1v) is 11.4. The Morgan fingerprint density at radius 1 is 1.26 bits per heavy atom. The fourth-order valence-electron chi connectivity index (χ4n) is 5.12. The van der Waals surface area contributed by atoms with E-state index in [1.54, 1.807) is 30.7 Å². The molecule has 0 aliphatic heterocycles. The Bertz CT molecular complexity index is 890. The summed E-state index contributed by atoms with van der Waals surface area (Å²) in [6.07, 6.45) is 12.6. The number of imidazole rings is 1. The molecule has 0 unspecified atom stereocenters. The lowest BCUT2D eigenvalue weighted by Gasteiger charge is -2.57. The maximum absolute atomic E-state index is 13.0. The molecule has 2 amide bonds. The van der Waals surface area contributed by atoms with Crippen molar-refractivity contribution in [2.45, 2.75) is 70.6 Å². The van der Waals surface area contributed by atoms with Crippen molar-refractivity contribution in [3.63, 3.8) is 0 Å². The van der Waals surface area contributed by atoms with Crippen LogP contribution in [0.3, 0.4) is 0 Å². The number of benzene rings is 1. The Balaban J connectivity index is 1.35. The average molecular weight is 425 g/mol. The fourth-order valence-corrected chi connectivity index (χ4v) is 5.12. The van der Waals surface area contributed by atoms with Gasteiger partial charge in [0.25, 0.3) is 5.91 Å². The van der Waals surface area contributed by atoms with Gasteiger partial charge in [-0.3, -0.25) is 9.59 Å². The Morgan fingerprint density at radius 3 is 2.84 bits per heavy atom. The van der Waals surface area contributed by atoms with Crippen LogP contribution in [-0.4, -0.2) is 40.1 Å². The highest BCUT2D eigenvalue weighted by molar-refractivity contribution is 5.97. The minimum absolute atomic E-state index is 0.0839. The minimum atomic E-state index is -0.0917. The lowest BCUT2D eigenvalue weighted by Crippen LogP contribution is -2.65. The van der Waals surface area contributed by atoms with Gasteiger partial charge in [0.2, 0.25) is 5.91 Å². The maximum Gasteiger partial charge on any atom is 0.251 e. The van der Waals surface area contributed by atoms with Gasteiger partial charge in [0.15, 0.2) is 0 Å². The maximum atomic E-state index is 13.0. The number of nitrogens with one attached hydrogen (secondary N) is 2. The number of hydrogen-bond acceptors (Lipinski definition) is 4. The molecule has 2 saturated carbocycles. The summed E-state index contributed by atoms with van der Waals surface area (Å²) in [6.45, 7) is 3.32. The van der Waals surface area contributed by atoms with Crippen molar-refractivity contribution in [2.75, 3.05) is 11.9 Å². The molecule has 31 heavy (non-hydrogen) atoms. The van der Waals surface area contributed by atoms with Crippen LogP contribution in [0.25, 0.3) is 0 Å². The summed E-state index contributed by atoms with van der Waals surface area (Å²) in [5, 5.41) is 6.15. The molecule has 2 aliphatic rings. The highest BCUT2D eigenvalue weighted by atomic mass is 16.5. The van der Waals surface area contributed by atoms with Crippen molar-refractivity contribution in [3.8, 4) is 0 Å². The second-order valence-corrected chi connectivity index (χ2v) is 8.68. The lowest BCUT2D eigenvalue weighted by atomic mass is 9.55. The van der Waals surface area contributed by atoms with Gasteiger partial charge in [0, 0.05) is 54.7 Å². The molecular formula is C24H32N4O3. The zero-order valence-corrected chi connectivity index (χ0v) is 18.2. The molecule has 2 N–H and O–H groups in total. The summed E-state index contributed by atoms with van der Waals surface area (Å²) in [4.78, 5) is 29.2. The third kappa shape index (κ3) is 4.82. The van der Waals surface area contributed by atoms with E-state index in [1.165, 1.54) is 19.3 Å². The van der Waals surface area contributed by atoms with E-state index in [0.717, 1.165) is 25.9 Å². The second kappa shape index (κ2) is 9.64. The van der Waals surface area contributed by atoms with Crippen LogP contribution in [0.2, 0.25) is 0 Å². The minimum Gasteiger partial charge on any atom is -0.378 e. The molecule has 1 heterocycles. The first-order valence-electron chi connectivity index (χ1n) is 11.4. The van der Waals surface area contributed by atoms with E-state index in [1.807, 2.05) is 23.8 Å². The number of carbonyl (C=O) groups excluding carboxylic acids is 2. The van der Waals surface area contributed by atoms with Gasteiger partial charge in [0.05, 0.1) is 12.4 Å². The molecule has 1 spiro atoms. The van der Waals surface area contributed by atoms with E-state index in [0.29, 0.717) is 24.2 Å². The summed E-state index contributed by atoms with van der Waals surface area (Å²) in [6, 6.07) is 7.31. The number of aromatic nitrogens is 2. The second-order valence-electron chi connectivity index (χ2n) is 8.68. The normalized spacial score (nSPS) is 22.0. The Labute approximate surface area is 183 Å². The van der Waals surface area contributed by atoms with Crippen molar-refractivity contribution in [1.29, 1.82) is 0 Å². The van der Waals surface area contributed by atoms with Gasteiger partial charge in [-0.25, -0.2) is 4.98 Å². The molecule has 0 radical (unpaired) electrons. The predicted molar refractivity (Wildman–Crippen MR) is 119 cm³/mol. The summed E-state index contributed by atoms with van der Waals surface area (Å²) in [5.41, 5.74) is 1.29. The summed E-state index contributed by atoms with van der Waals surface area (Å²) >= 11 is 0. The van der Waals surface area contributed by atoms with Gasteiger partial charge in [-0.15, -0.1) is 0 Å². The van der Waals surface area contributed by atoms with Crippen LogP contribution in [0.4, 0.5) is 5.69 Å². The fraction of sp³-hybridized carbons (Fsp3) is 0.542. The first kappa shape index (κ1) is 21.6. The molecule has 7 nitrogen and oxygen atoms in total. The molecule has 2 atom stereocenters. The van der Waals surface area contributed by atoms with Gasteiger partial charge >= 0.3 is 0 Å². The number of hydrogen-bond donors (Lipinski definition) is 2. The summed E-state index contributed by atoms with van der Waals surface area (Å²) in [7, 11) is 0. The van der Waals surface area contributed by atoms with Gasteiger partial charge in [0.1, 0.15) is 0 Å². The van der Waals surface area contributed by atoms with Crippen molar-refractivity contribution >= 4 is 17.5 Å². The van der Waals surface area contributed by atoms with E-state index in [2.05, 4.69) is 15.6 Å². The number of ether oxygens (including phenoxy) is 1. The summed E-state index contributed by atoms with van der Waals surface area (Å²) in [5.74, 6) is -0.176. The molecule has 166 valence electrons. The lowest BCUT2D eigenvalue weighted by molar-refractivity contribution is -0.146. The number of rotatable bonds is 8. The van der Waals surface area contributed by atoms with Gasteiger partial charge in [-0.05, 0) is 44.4 Å². The van der Waals surface area contributed by atoms with Gasteiger partial charge < -0.3 is 19.9 Å².